The first-order valence-corrected chi connectivity index (χ1v) is 11.6. The highest BCUT2D eigenvalue weighted by molar-refractivity contribution is 7.91. The molecule has 2 aromatic carbocycles. The summed E-state index contributed by atoms with van der Waals surface area (Å²) in [5, 5.41) is 5.68. The van der Waals surface area contributed by atoms with E-state index in [0.717, 1.165) is 16.3 Å². The van der Waals surface area contributed by atoms with E-state index in [1.165, 1.54) is 42.7 Å². The van der Waals surface area contributed by atoms with Gasteiger partial charge in [0.25, 0.3) is 5.91 Å². The molecule has 0 saturated heterocycles. The monoisotopic (exact) mass is 430 g/mol. The Morgan fingerprint density at radius 2 is 1.83 bits per heavy atom. The Labute approximate surface area is 174 Å². The van der Waals surface area contributed by atoms with Crippen molar-refractivity contribution in [3.8, 4) is 11.3 Å². The van der Waals surface area contributed by atoms with Gasteiger partial charge in [0.15, 0.2) is 9.84 Å². The number of sulfone groups is 1. The number of aromatic nitrogens is 1. The number of thiazole rings is 1. The first-order chi connectivity index (χ1) is 13.9. The Hall–Kier alpha value is -2.55. The number of benzene rings is 2. The summed E-state index contributed by atoms with van der Waals surface area (Å²) < 4.78 is 29.2. The maximum Gasteiger partial charge on any atom is 0.251 e. The average molecular weight is 431 g/mol. The number of hydrogen-bond donors (Lipinski definition) is 1. The van der Waals surface area contributed by atoms with Gasteiger partial charge in [-0.1, -0.05) is 30.3 Å². The van der Waals surface area contributed by atoms with E-state index in [0.29, 0.717) is 5.56 Å². The summed E-state index contributed by atoms with van der Waals surface area (Å²) in [5.41, 5.74) is 2.29. The third-order valence-corrected chi connectivity index (χ3v) is 7.06. The molecule has 1 unspecified atom stereocenters. The number of ether oxygens (including phenoxy) is 1. The maximum atomic E-state index is 12.5. The van der Waals surface area contributed by atoms with Crippen LogP contribution in [0.4, 0.5) is 0 Å². The zero-order valence-corrected chi connectivity index (χ0v) is 17.8. The van der Waals surface area contributed by atoms with E-state index in [-0.39, 0.29) is 29.2 Å². The third-order valence-electron chi connectivity index (χ3n) is 4.34. The van der Waals surface area contributed by atoms with Crippen molar-refractivity contribution < 1.29 is 17.9 Å². The van der Waals surface area contributed by atoms with Gasteiger partial charge < -0.3 is 10.1 Å². The summed E-state index contributed by atoms with van der Waals surface area (Å²) in [5.74, 6) is -0.380. The summed E-state index contributed by atoms with van der Waals surface area (Å²) in [4.78, 5) is 17.3. The molecule has 0 saturated carbocycles. The van der Waals surface area contributed by atoms with Crippen LogP contribution in [-0.4, -0.2) is 38.8 Å². The van der Waals surface area contributed by atoms with E-state index < -0.39 is 9.84 Å². The predicted molar refractivity (Wildman–Crippen MR) is 114 cm³/mol. The molecule has 0 radical (unpaired) electrons. The van der Waals surface area contributed by atoms with E-state index in [9.17, 15) is 13.2 Å². The second-order valence-corrected chi connectivity index (χ2v) is 9.47. The van der Waals surface area contributed by atoms with Gasteiger partial charge in [-0.15, -0.1) is 11.3 Å². The topological polar surface area (TPSA) is 85.4 Å². The lowest BCUT2D eigenvalue weighted by molar-refractivity contribution is 0.0939. The molecule has 3 rings (SSSR count). The lowest BCUT2D eigenvalue weighted by Crippen LogP contribution is -2.26. The zero-order valence-electron chi connectivity index (χ0n) is 16.2. The van der Waals surface area contributed by atoms with Crippen LogP contribution in [0.2, 0.25) is 0 Å². The van der Waals surface area contributed by atoms with Crippen LogP contribution in [0.15, 0.2) is 64.9 Å². The third kappa shape index (κ3) is 5.29. The van der Waals surface area contributed by atoms with Gasteiger partial charge in [-0.3, -0.25) is 4.79 Å². The molecule has 0 aliphatic carbocycles. The highest BCUT2D eigenvalue weighted by Crippen LogP contribution is 2.25. The van der Waals surface area contributed by atoms with Crippen LogP contribution >= 0.6 is 11.3 Å². The number of carbonyl (C=O) groups is 1. The molecular weight excluding hydrogens is 408 g/mol. The first kappa shape index (κ1) is 21.2. The molecule has 1 heterocycles. The second-order valence-electron chi connectivity index (χ2n) is 6.47. The average Bonchev–Trinajstić information content (AvgIpc) is 3.23. The molecule has 0 fully saturated rings. The minimum Gasteiger partial charge on any atom is -0.384 e. The summed E-state index contributed by atoms with van der Waals surface area (Å²) in [6, 6.07) is 15.5. The highest BCUT2D eigenvalue weighted by atomic mass is 32.2. The second kappa shape index (κ2) is 9.30. The normalized spacial score (nSPS) is 12.5. The minimum absolute atomic E-state index is 0.0973. The maximum absolute atomic E-state index is 12.5. The van der Waals surface area contributed by atoms with Crippen LogP contribution in [-0.2, 0) is 14.6 Å². The Kier molecular flexibility index (Phi) is 6.79. The Morgan fingerprint density at radius 3 is 2.48 bits per heavy atom. The fourth-order valence-electron chi connectivity index (χ4n) is 2.69. The molecular formula is C21H22N2O4S2. The van der Waals surface area contributed by atoms with Crippen molar-refractivity contribution in [2.24, 2.45) is 0 Å². The number of hydrogen-bond acceptors (Lipinski definition) is 6. The summed E-state index contributed by atoms with van der Waals surface area (Å²) in [6.07, 6.45) is 0. The minimum atomic E-state index is -3.42. The number of amides is 1. The van der Waals surface area contributed by atoms with Crippen molar-refractivity contribution in [2.75, 3.05) is 19.5 Å². The summed E-state index contributed by atoms with van der Waals surface area (Å²) in [6.45, 7) is 2.00. The fraction of sp³-hybridized carbons (Fsp3) is 0.238. The van der Waals surface area contributed by atoms with Crippen LogP contribution in [0, 0.1) is 0 Å². The van der Waals surface area contributed by atoms with Gasteiger partial charge in [0.05, 0.1) is 29.0 Å². The van der Waals surface area contributed by atoms with E-state index in [1.807, 2.05) is 42.6 Å². The van der Waals surface area contributed by atoms with Crippen molar-refractivity contribution in [3.63, 3.8) is 0 Å². The molecule has 0 spiro atoms. The fourth-order valence-corrected chi connectivity index (χ4v) is 4.70. The van der Waals surface area contributed by atoms with Crippen molar-refractivity contribution in [2.45, 2.75) is 17.9 Å². The van der Waals surface area contributed by atoms with Crippen LogP contribution in [0.5, 0.6) is 0 Å². The highest BCUT2D eigenvalue weighted by Gasteiger charge is 2.17. The molecule has 0 bridgehead atoms. The van der Waals surface area contributed by atoms with Gasteiger partial charge in [-0.05, 0) is 31.2 Å². The zero-order chi connectivity index (χ0) is 20.9. The molecule has 29 heavy (non-hydrogen) atoms. The molecule has 1 amide bonds. The number of nitrogens with one attached hydrogen (secondary N) is 1. The summed E-state index contributed by atoms with van der Waals surface area (Å²) in [7, 11) is -1.97. The van der Waals surface area contributed by atoms with Crippen molar-refractivity contribution >= 4 is 27.1 Å². The molecule has 8 heteroatoms. The van der Waals surface area contributed by atoms with Gasteiger partial charge >= 0.3 is 0 Å². The van der Waals surface area contributed by atoms with Gasteiger partial charge in [0.1, 0.15) is 5.01 Å². The molecule has 0 aliphatic heterocycles. The van der Waals surface area contributed by atoms with E-state index in [4.69, 9.17) is 4.74 Å². The predicted octanol–water partition coefficient (Wildman–Crippen LogP) is 3.72. The quantitative estimate of drug-likeness (QED) is 0.589. The van der Waals surface area contributed by atoms with E-state index in [1.54, 1.807) is 0 Å². The Morgan fingerprint density at radius 1 is 1.14 bits per heavy atom. The van der Waals surface area contributed by atoms with Crippen molar-refractivity contribution in [1.29, 1.82) is 0 Å². The smallest absolute Gasteiger partial charge is 0.251 e. The van der Waals surface area contributed by atoms with Crippen molar-refractivity contribution in [3.05, 3.63) is 70.5 Å². The van der Waals surface area contributed by atoms with Gasteiger partial charge in [-0.25, -0.2) is 13.4 Å². The van der Waals surface area contributed by atoms with Gasteiger partial charge in [0.2, 0.25) is 0 Å². The number of carbonyl (C=O) groups excluding carboxylic acids is 1. The Bertz CT molecular complexity index is 1060. The number of rotatable bonds is 8. The lowest BCUT2D eigenvalue weighted by atomic mass is 10.2. The van der Waals surface area contributed by atoms with E-state index >= 15 is 0 Å². The van der Waals surface area contributed by atoms with Gasteiger partial charge in [-0.2, -0.15) is 0 Å². The van der Waals surface area contributed by atoms with Crippen molar-refractivity contribution in [1.82, 2.24) is 10.3 Å². The molecule has 6 nitrogen and oxygen atoms in total. The number of methoxy groups -OCH3 is 1. The first-order valence-electron chi connectivity index (χ1n) is 9.04. The molecule has 152 valence electrons. The molecule has 1 atom stereocenters. The summed E-state index contributed by atoms with van der Waals surface area (Å²) >= 11 is 1.49. The van der Waals surface area contributed by atoms with Crippen LogP contribution < -0.4 is 5.32 Å². The van der Waals surface area contributed by atoms with Gasteiger partial charge in [0, 0.05) is 23.6 Å². The van der Waals surface area contributed by atoms with E-state index in [2.05, 4.69) is 10.3 Å². The molecule has 1 N–H and O–H groups in total. The lowest BCUT2D eigenvalue weighted by Gasteiger charge is -2.12. The molecule has 1 aromatic heterocycles. The van der Waals surface area contributed by atoms with Crippen LogP contribution in [0.3, 0.4) is 0 Å². The Balaban J connectivity index is 1.66. The van der Waals surface area contributed by atoms with Crippen LogP contribution in [0.1, 0.15) is 28.3 Å². The number of nitrogens with zero attached hydrogens (tertiary/aromatic N) is 1. The standard InChI is InChI=1S/C21H22N2O4S2/c1-15(21-23-19(14-28-21)16-6-4-3-5-7-16)22-20(24)17-8-10-18(11-9-17)29(25,26)13-12-27-2/h3-11,14-15H,12-13H2,1-2H3,(H,22,24). The SMILES string of the molecule is COCCS(=O)(=O)c1ccc(C(=O)NC(C)c2nc(-c3ccccc3)cs2)cc1. The molecule has 0 aliphatic rings. The largest absolute Gasteiger partial charge is 0.384 e. The van der Waals surface area contributed by atoms with Crippen LogP contribution in [0.25, 0.3) is 11.3 Å². The molecule has 3 aromatic rings.